The molecule has 1 heterocycles. The summed E-state index contributed by atoms with van der Waals surface area (Å²) in [5.41, 5.74) is 11.9. The van der Waals surface area contributed by atoms with Crippen LogP contribution < -0.4 is 31.2 Å². The Bertz CT molecular complexity index is 748. The van der Waals surface area contributed by atoms with Crippen LogP contribution in [-0.2, 0) is 0 Å². The van der Waals surface area contributed by atoms with E-state index in [1.807, 2.05) is 6.92 Å². The fourth-order valence-electron chi connectivity index (χ4n) is 2.54. The lowest BCUT2D eigenvalue weighted by Crippen LogP contribution is -2.22. The van der Waals surface area contributed by atoms with Gasteiger partial charge in [0.15, 0.2) is 0 Å². The molecule has 8 nitrogen and oxygen atoms in total. The molecule has 1 unspecified atom stereocenters. The summed E-state index contributed by atoms with van der Waals surface area (Å²) < 4.78 is 16.1. The Morgan fingerprint density at radius 1 is 1.04 bits per heavy atom. The molecule has 0 spiro atoms. The summed E-state index contributed by atoms with van der Waals surface area (Å²) >= 11 is 0. The van der Waals surface area contributed by atoms with Crippen LogP contribution in [0.5, 0.6) is 17.2 Å². The van der Waals surface area contributed by atoms with Crippen molar-refractivity contribution in [2.24, 2.45) is 0 Å². The van der Waals surface area contributed by atoms with E-state index in [-0.39, 0.29) is 11.8 Å². The van der Waals surface area contributed by atoms with Crippen LogP contribution in [-0.4, -0.2) is 31.3 Å². The highest BCUT2D eigenvalue weighted by atomic mass is 16.5. The number of benzene rings is 1. The number of nitrogens with zero attached hydrogens (tertiary/aromatic N) is 1. The molecule has 5 N–H and O–H groups in total. The van der Waals surface area contributed by atoms with Gasteiger partial charge in [-0.3, -0.25) is 9.78 Å². The number of aromatic nitrogens is 2. The highest BCUT2D eigenvalue weighted by Crippen LogP contribution is 2.41. The summed E-state index contributed by atoms with van der Waals surface area (Å²) in [6, 6.07) is 3.42. The van der Waals surface area contributed by atoms with Gasteiger partial charge in [0.05, 0.1) is 26.9 Å². The van der Waals surface area contributed by atoms with Gasteiger partial charge in [0.25, 0.3) is 5.56 Å². The van der Waals surface area contributed by atoms with E-state index in [9.17, 15) is 4.79 Å². The second-order valence-electron chi connectivity index (χ2n) is 4.92. The number of hydrogen-bond donors (Lipinski definition) is 3. The summed E-state index contributed by atoms with van der Waals surface area (Å²) in [5, 5.41) is 0. The molecule has 0 fully saturated rings. The lowest BCUT2D eigenvalue weighted by Gasteiger charge is -2.20. The normalized spacial score (nSPS) is 11.8. The van der Waals surface area contributed by atoms with Crippen molar-refractivity contribution in [3.05, 3.63) is 33.6 Å². The van der Waals surface area contributed by atoms with Crippen LogP contribution in [0.25, 0.3) is 0 Å². The molecule has 1 atom stereocenters. The van der Waals surface area contributed by atoms with Gasteiger partial charge in [-0.05, 0) is 0 Å². The van der Waals surface area contributed by atoms with Crippen LogP contribution in [0.4, 0.5) is 11.8 Å². The SMILES string of the molecule is COc1cc(OC)c(C(C)c2c(N)nc(N)[nH]c2=O)c(OC)c1. The van der Waals surface area contributed by atoms with E-state index < -0.39 is 11.5 Å². The molecule has 0 amide bonds. The van der Waals surface area contributed by atoms with Gasteiger partial charge in [-0.25, -0.2) is 0 Å². The maximum atomic E-state index is 12.2. The first-order valence-corrected chi connectivity index (χ1v) is 6.88. The zero-order chi connectivity index (χ0) is 17.1. The number of rotatable bonds is 5. The summed E-state index contributed by atoms with van der Waals surface area (Å²) in [5.74, 6) is 1.22. The predicted molar refractivity (Wildman–Crippen MR) is 87.3 cm³/mol. The molecule has 1 aromatic heterocycles. The van der Waals surface area contributed by atoms with Gasteiger partial charge in [-0.15, -0.1) is 0 Å². The molecule has 0 aliphatic rings. The minimum absolute atomic E-state index is 0.0305. The van der Waals surface area contributed by atoms with Crippen LogP contribution in [0.1, 0.15) is 24.0 Å². The number of aromatic amines is 1. The minimum atomic E-state index is -0.428. The fourth-order valence-corrected chi connectivity index (χ4v) is 2.54. The van der Waals surface area contributed by atoms with Crippen LogP contribution in [0, 0.1) is 0 Å². The van der Waals surface area contributed by atoms with Crippen molar-refractivity contribution in [1.29, 1.82) is 0 Å². The van der Waals surface area contributed by atoms with E-state index in [1.54, 1.807) is 19.2 Å². The topological polar surface area (TPSA) is 125 Å². The van der Waals surface area contributed by atoms with Gasteiger partial charge in [0, 0.05) is 23.6 Å². The van der Waals surface area contributed by atoms with E-state index in [0.717, 1.165) is 0 Å². The van der Waals surface area contributed by atoms with E-state index in [2.05, 4.69) is 9.97 Å². The number of hydrogen-bond acceptors (Lipinski definition) is 7. The van der Waals surface area contributed by atoms with Crippen molar-refractivity contribution < 1.29 is 14.2 Å². The third-order valence-corrected chi connectivity index (χ3v) is 3.62. The van der Waals surface area contributed by atoms with Crippen LogP contribution in [0.15, 0.2) is 16.9 Å². The maximum Gasteiger partial charge on any atom is 0.258 e. The number of nitrogens with two attached hydrogens (primary N) is 2. The molecule has 0 bridgehead atoms. The number of methoxy groups -OCH3 is 3. The molecule has 0 radical (unpaired) electrons. The lowest BCUT2D eigenvalue weighted by molar-refractivity contribution is 0.367. The summed E-state index contributed by atoms with van der Waals surface area (Å²) in [6.07, 6.45) is 0. The molecule has 1 aromatic carbocycles. The Hall–Kier alpha value is -2.90. The van der Waals surface area contributed by atoms with Crippen molar-refractivity contribution in [3.8, 4) is 17.2 Å². The van der Waals surface area contributed by atoms with Crippen molar-refractivity contribution in [3.63, 3.8) is 0 Å². The highest BCUT2D eigenvalue weighted by molar-refractivity contribution is 5.57. The van der Waals surface area contributed by atoms with Gasteiger partial charge >= 0.3 is 0 Å². The van der Waals surface area contributed by atoms with Crippen LogP contribution >= 0.6 is 0 Å². The second-order valence-corrected chi connectivity index (χ2v) is 4.92. The Kier molecular flexibility index (Phi) is 4.63. The van der Waals surface area contributed by atoms with Gasteiger partial charge in [-0.2, -0.15) is 4.98 Å². The van der Waals surface area contributed by atoms with Crippen molar-refractivity contribution in [2.45, 2.75) is 12.8 Å². The van der Waals surface area contributed by atoms with Gasteiger partial charge in [0.2, 0.25) is 5.95 Å². The molecule has 8 heteroatoms. The molecular formula is C15H20N4O4. The average Bonchev–Trinajstić information content (AvgIpc) is 2.52. The molecular weight excluding hydrogens is 300 g/mol. The highest BCUT2D eigenvalue weighted by Gasteiger charge is 2.25. The van der Waals surface area contributed by atoms with E-state index in [1.165, 1.54) is 14.2 Å². The molecule has 0 aliphatic heterocycles. The van der Waals surface area contributed by atoms with E-state index >= 15 is 0 Å². The average molecular weight is 320 g/mol. The Labute approximate surface area is 133 Å². The zero-order valence-electron chi connectivity index (χ0n) is 13.5. The van der Waals surface area contributed by atoms with Crippen molar-refractivity contribution in [1.82, 2.24) is 9.97 Å². The van der Waals surface area contributed by atoms with Crippen LogP contribution in [0.3, 0.4) is 0 Å². The number of H-pyrrole nitrogens is 1. The monoisotopic (exact) mass is 320 g/mol. The molecule has 0 aliphatic carbocycles. The number of ether oxygens (including phenoxy) is 3. The number of anilines is 2. The first kappa shape index (κ1) is 16.5. The van der Waals surface area contributed by atoms with Gasteiger partial charge < -0.3 is 25.7 Å². The van der Waals surface area contributed by atoms with Crippen molar-refractivity contribution in [2.75, 3.05) is 32.8 Å². The van der Waals surface area contributed by atoms with Gasteiger partial charge in [-0.1, -0.05) is 6.92 Å². The summed E-state index contributed by atoms with van der Waals surface area (Å²) in [4.78, 5) is 18.6. The second kappa shape index (κ2) is 6.47. The first-order valence-electron chi connectivity index (χ1n) is 6.88. The standard InChI is InChI=1S/C15H20N4O4/c1-7(12-13(16)18-15(17)19-14(12)20)11-9(22-3)5-8(21-2)6-10(11)23-4/h5-7H,1-4H3,(H5,16,17,18,19,20). The number of nitrogen functional groups attached to an aromatic ring is 2. The quantitative estimate of drug-likeness (QED) is 0.753. The maximum absolute atomic E-state index is 12.2. The first-order chi connectivity index (χ1) is 10.9. The molecule has 2 rings (SSSR count). The Balaban J connectivity index is 2.68. The third-order valence-electron chi connectivity index (χ3n) is 3.62. The largest absolute Gasteiger partial charge is 0.496 e. The Morgan fingerprint density at radius 2 is 1.61 bits per heavy atom. The third kappa shape index (κ3) is 3.01. The van der Waals surface area contributed by atoms with E-state index in [0.29, 0.717) is 28.4 Å². The molecule has 2 aromatic rings. The van der Waals surface area contributed by atoms with Crippen molar-refractivity contribution >= 4 is 11.8 Å². The molecule has 0 saturated carbocycles. The predicted octanol–water partition coefficient (Wildman–Crippen LogP) is 1.11. The molecule has 0 saturated heterocycles. The zero-order valence-corrected chi connectivity index (χ0v) is 13.5. The smallest absolute Gasteiger partial charge is 0.258 e. The fraction of sp³-hybridized carbons (Fsp3) is 0.333. The lowest BCUT2D eigenvalue weighted by atomic mass is 9.92. The minimum Gasteiger partial charge on any atom is -0.496 e. The summed E-state index contributed by atoms with van der Waals surface area (Å²) in [7, 11) is 4.60. The Morgan fingerprint density at radius 3 is 2.04 bits per heavy atom. The van der Waals surface area contributed by atoms with Crippen LogP contribution in [0.2, 0.25) is 0 Å². The molecule has 23 heavy (non-hydrogen) atoms. The van der Waals surface area contributed by atoms with Gasteiger partial charge in [0.1, 0.15) is 23.1 Å². The molecule has 124 valence electrons. The summed E-state index contributed by atoms with van der Waals surface area (Å²) in [6.45, 7) is 1.81. The number of nitrogens with one attached hydrogen (secondary N) is 1. The van der Waals surface area contributed by atoms with E-state index in [4.69, 9.17) is 25.7 Å².